The Morgan fingerprint density at radius 1 is 0.897 bits per heavy atom. The van der Waals surface area contributed by atoms with Crippen LogP contribution in [0.25, 0.3) is 0 Å². The number of rotatable bonds is 20. The molecule has 0 radical (unpaired) electrons. The number of unbranched alkanes of at least 4 members (excludes halogenated alkanes) is 1. The lowest BCUT2D eigenvalue weighted by Gasteiger charge is -2.54. The van der Waals surface area contributed by atoms with E-state index >= 15 is 0 Å². The zero-order chi connectivity index (χ0) is 41.7. The number of benzene rings is 3. The van der Waals surface area contributed by atoms with Gasteiger partial charge in [-0.05, 0) is 71.1 Å². The minimum Gasteiger partial charge on any atom is -0.497 e. The first-order valence-corrected chi connectivity index (χ1v) is 23.1. The predicted octanol–water partition coefficient (Wildman–Crippen LogP) is 8.85. The van der Waals surface area contributed by atoms with Gasteiger partial charge in [-0.2, -0.15) is 0 Å². The summed E-state index contributed by atoms with van der Waals surface area (Å²) in [4.78, 5) is 26.2. The molecule has 316 valence electrons. The van der Waals surface area contributed by atoms with E-state index in [1.807, 2.05) is 36.4 Å². The largest absolute Gasteiger partial charge is 0.497 e. The maximum absolute atomic E-state index is 13.8. The molecule has 3 aromatic carbocycles. The molecule has 10 heteroatoms. The first kappa shape index (κ1) is 45.3. The fraction of sp³-hybridized carbons (Fsp3) is 0.542. The Bertz CT molecular complexity index is 1690. The van der Waals surface area contributed by atoms with Gasteiger partial charge in [0.25, 0.3) is 8.32 Å². The lowest BCUT2D eigenvalue weighted by molar-refractivity contribution is -0.357. The van der Waals surface area contributed by atoms with Crippen LogP contribution in [0.4, 0.5) is 0 Å². The number of hydrogen-bond donors (Lipinski definition) is 0. The molecule has 1 spiro atoms. The molecule has 2 saturated heterocycles. The molecule has 5 atom stereocenters. The van der Waals surface area contributed by atoms with E-state index in [0.29, 0.717) is 38.4 Å². The molecule has 0 unspecified atom stereocenters. The van der Waals surface area contributed by atoms with E-state index in [2.05, 4.69) is 89.7 Å². The smallest absolute Gasteiger partial charge is 0.307 e. The molecule has 58 heavy (non-hydrogen) atoms. The van der Waals surface area contributed by atoms with Crippen LogP contribution >= 0.6 is 0 Å². The Balaban J connectivity index is 1.44. The summed E-state index contributed by atoms with van der Waals surface area (Å²) in [5, 5.41) is 2.04. The van der Waals surface area contributed by atoms with Gasteiger partial charge in [0.05, 0.1) is 39.3 Å². The summed E-state index contributed by atoms with van der Waals surface area (Å²) in [6, 6.07) is 29.0. The molecule has 2 heterocycles. The number of carbonyl (C=O) groups is 2. The first-order valence-electron chi connectivity index (χ1n) is 21.2. The second-order valence-corrected chi connectivity index (χ2v) is 21.3. The van der Waals surface area contributed by atoms with E-state index in [-0.39, 0.29) is 37.2 Å². The molecule has 2 fully saturated rings. The second-order valence-electron chi connectivity index (χ2n) is 17.0. The van der Waals surface area contributed by atoms with Gasteiger partial charge in [-0.3, -0.25) is 9.59 Å². The van der Waals surface area contributed by atoms with Gasteiger partial charge in [0.2, 0.25) is 0 Å². The minimum atomic E-state index is -3.00. The second kappa shape index (κ2) is 20.9. The molecule has 3 aromatic rings. The Morgan fingerprint density at radius 3 is 2.16 bits per heavy atom. The average Bonchev–Trinajstić information content (AvgIpc) is 3.23. The van der Waals surface area contributed by atoms with E-state index in [4.69, 9.17) is 32.8 Å². The van der Waals surface area contributed by atoms with Crippen molar-refractivity contribution in [3.63, 3.8) is 0 Å². The van der Waals surface area contributed by atoms with Gasteiger partial charge in [0, 0.05) is 19.4 Å². The Kier molecular flexibility index (Phi) is 16.3. The van der Waals surface area contributed by atoms with Gasteiger partial charge in [0.15, 0.2) is 5.79 Å². The zero-order valence-electron chi connectivity index (χ0n) is 35.7. The number of ether oxygens (including phenoxy) is 6. The third kappa shape index (κ3) is 11.3. The highest BCUT2D eigenvalue weighted by Crippen LogP contribution is 2.48. The van der Waals surface area contributed by atoms with Crippen molar-refractivity contribution in [2.24, 2.45) is 5.92 Å². The van der Waals surface area contributed by atoms with Crippen molar-refractivity contribution in [3.05, 3.63) is 103 Å². The molecule has 2 aliphatic heterocycles. The SMILES string of the molecule is C=CCOC(=O)CCC(=O)O[C@@]1(CCCC)CC[C@]2(CC[C@H](C)[C@@H](CCOCc3ccc(OC)cc3)O2)O[C@@H]1CO[Si](c1ccccc1)(c1ccccc1)C(C)(C)C. The summed E-state index contributed by atoms with van der Waals surface area (Å²) < 4.78 is 45.1. The maximum Gasteiger partial charge on any atom is 0.307 e. The fourth-order valence-electron chi connectivity index (χ4n) is 8.58. The highest BCUT2D eigenvalue weighted by molar-refractivity contribution is 6.99. The lowest BCUT2D eigenvalue weighted by atomic mass is 9.78. The van der Waals surface area contributed by atoms with Crippen LogP contribution < -0.4 is 15.1 Å². The van der Waals surface area contributed by atoms with Crippen LogP contribution in [0.15, 0.2) is 97.6 Å². The number of carbonyl (C=O) groups excluding carboxylic acids is 2. The third-order valence-corrected chi connectivity index (χ3v) is 16.9. The van der Waals surface area contributed by atoms with Gasteiger partial charge < -0.3 is 32.8 Å². The number of esters is 2. The van der Waals surface area contributed by atoms with Crippen LogP contribution in [0, 0.1) is 5.92 Å². The quantitative estimate of drug-likeness (QED) is 0.0480. The van der Waals surface area contributed by atoms with Crippen molar-refractivity contribution in [2.75, 3.05) is 26.9 Å². The Hall–Kier alpha value is -3.80. The molecule has 0 aromatic heterocycles. The molecule has 0 saturated carbocycles. The molecule has 0 bridgehead atoms. The fourth-order valence-corrected chi connectivity index (χ4v) is 13.1. The van der Waals surface area contributed by atoms with Crippen LogP contribution in [-0.2, 0) is 44.3 Å². The molecule has 0 N–H and O–H groups in total. The maximum atomic E-state index is 13.8. The van der Waals surface area contributed by atoms with E-state index in [0.717, 1.165) is 53.8 Å². The number of methoxy groups -OCH3 is 1. The van der Waals surface area contributed by atoms with Gasteiger partial charge in [0.1, 0.15) is 24.1 Å². The molecular weight excluding hydrogens is 749 g/mol. The van der Waals surface area contributed by atoms with E-state index in [1.54, 1.807) is 7.11 Å². The topological polar surface area (TPSA) is 98.8 Å². The van der Waals surface area contributed by atoms with Crippen molar-refractivity contribution < 1.29 is 42.4 Å². The monoisotopic (exact) mass is 814 g/mol. The average molecular weight is 815 g/mol. The summed E-state index contributed by atoms with van der Waals surface area (Å²) in [5.74, 6) is -0.654. The van der Waals surface area contributed by atoms with Crippen LogP contribution in [0.1, 0.15) is 104 Å². The van der Waals surface area contributed by atoms with E-state index < -0.39 is 37.7 Å². The van der Waals surface area contributed by atoms with Crippen LogP contribution in [0.2, 0.25) is 5.04 Å². The third-order valence-electron chi connectivity index (χ3n) is 11.9. The zero-order valence-corrected chi connectivity index (χ0v) is 36.7. The normalized spacial score (nSPS) is 23.6. The van der Waals surface area contributed by atoms with Crippen molar-refractivity contribution in [1.29, 1.82) is 0 Å². The van der Waals surface area contributed by atoms with Crippen molar-refractivity contribution >= 4 is 30.6 Å². The van der Waals surface area contributed by atoms with Crippen molar-refractivity contribution in [1.82, 2.24) is 0 Å². The molecule has 5 rings (SSSR count). The molecule has 0 amide bonds. The summed E-state index contributed by atoms with van der Waals surface area (Å²) in [5.41, 5.74) is 0.0962. The molecule has 2 aliphatic rings. The molecular formula is C48H66O9Si. The summed E-state index contributed by atoms with van der Waals surface area (Å²) in [7, 11) is -1.34. The highest BCUT2D eigenvalue weighted by Gasteiger charge is 2.57. The van der Waals surface area contributed by atoms with Gasteiger partial charge in [-0.15, -0.1) is 0 Å². The Labute approximate surface area is 347 Å². The van der Waals surface area contributed by atoms with E-state index in [1.165, 1.54) is 6.08 Å². The van der Waals surface area contributed by atoms with Gasteiger partial charge in [-0.25, -0.2) is 0 Å². The number of hydrogen-bond acceptors (Lipinski definition) is 9. The summed E-state index contributed by atoms with van der Waals surface area (Å²) in [6.45, 7) is 16.1. The van der Waals surface area contributed by atoms with Crippen molar-refractivity contribution in [3.8, 4) is 5.75 Å². The Morgan fingerprint density at radius 2 is 1.55 bits per heavy atom. The molecule has 0 aliphatic carbocycles. The highest BCUT2D eigenvalue weighted by atomic mass is 28.4. The van der Waals surface area contributed by atoms with Crippen LogP contribution in [-0.4, -0.2) is 70.8 Å². The van der Waals surface area contributed by atoms with Crippen molar-refractivity contribution in [2.45, 2.75) is 134 Å². The first-order chi connectivity index (χ1) is 27.9. The van der Waals surface area contributed by atoms with Crippen LogP contribution in [0.3, 0.4) is 0 Å². The van der Waals surface area contributed by atoms with Crippen LogP contribution in [0.5, 0.6) is 5.75 Å². The van der Waals surface area contributed by atoms with Gasteiger partial charge in [-0.1, -0.05) is 126 Å². The summed E-state index contributed by atoms with van der Waals surface area (Å²) >= 11 is 0. The molecule has 9 nitrogen and oxygen atoms in total. The van der Waals surface area contributed by atoms with E-state index in [9.17, 15) is 9.59 Å². The lowest BCUT2D eigenvalue weighted by Crippen LogP contribution is -2.69. The minimum absolute atomic E-state index is 0.0739. The predicted molar refractivity (Wildman–Crippen MR) is 230 cm³/mol. The standard InChI is InChI=1S/C48H66O9Si/c1-8-10-29-47(57-45(50)26-25-44(49)53-33-9-2)31-32-48(30-27-37(3)42(55-48)28-34-52-35-38-21-23-39(51-7)24-22-38)56-43(47)36-54-58(46(4,5)6,40-17-13-11-14-18-40)41-19-15-12-16-20-41/h9,11-24,37,42-43H,2,8,10,25-36H2,1,3-7H3/t37-,42+,43+,47-,48-/m0/s1. The van der Waals surface area contributed by atoms with Gasteiger partial charge >= 0.3 is 11.9 Å². The summed E-state index contributed by atoms with van der Waals surface area (Å²) in [6.07, 6.45) is 6.46.